The van der Waals surface area contributed by atoms with E-state index in [1.54, 1.807) is 6.07 Å². The molecule has 0 bridgehead atoms. The monoisotopic (exact) mass is 262 g/mol. The molecule has 4 N–H and O–H groups in total. The molecule has 0 spiro atoms. The lowest BCUT2D eigenvalue weighted by Gasteiger charge is -2.13. The van der Waals surface area contributed by atoms with E-state index in [1.165, 1.54) is 0 Å². The number of nitrogens with two attached hydrogens (primary N) is 1. The maximum Gasteiger partial charge on any atom is 0.161 e. The summed E-state index contributed by atoms with van der Waals surface area (Å²) in [5.41, 5.74) is 2.42. The summed E-state index contributed by atoms with van der Waals surface area (Å²) >= 11 is 11.9. The molecule has 0 saturated heterocycles. The molecule has 6 heteroatoms. The molecule has 0 aliphatic heterocycles. The molecule has 0 radical (unpaired) electrons. The van der Waals surface area contributed by atoms with Gasteiger partial charge in [-0.3, -0.25) is 0 Å². The summed E-state index contributed by atoms with van der Waals surface area (Å²) in [5, 5.41) is 4.07. The third-order valence-electron chi connectivity index (χ3n) is 2.38. The summed E-state index contributed by atoms with van der Waals surface area (Å²) in [6.45, 7) is 5.10. The number of pyridine rings is 1. The van der Waals surface area contributed by atoms with Crippen LogP contribution in [0.3, 0.4) is 0 Å². The van der Waals surface area contributed by atoms with Gasteiger partial charge >= 0.3 is 0 Å². The van der Waals surface area contributed by atoms with Crippen molar-refractivity contribution in [3.63, 3.8) is 0 Å². The maximum atomic E-state index is 6.01. The molecule has 0 aliphatic carbocycles. The number of hydrazine groups is 1. The number of hydrogen-bond donors (Lipinski definition) is 3. The number of nitrogens with zero attached hydrogens (tertiary/aromatic N) is 1. The zero-order valence-corrected chi connectivity index (χ0v) is 10.9. The van der Waals surface area contributed by atoms with E-state index in [-0.39, 0.29) is 0 Å². The molecule has 0 aliphatic rings. The van der Waals surface area contributed by atoms with Crippen molar-refractivity contribution >= 4 is 34.8 Å². The summed E-state index contributed by atoms with van der Waals surface area (Å²) in [6.07, 6.45) is 1.10. The Morgan fingerprint density at radius 2 is 2.00 bits per heavy atom. The van der Waals surface area contributed by atoms with Crippen LogP contribution in [0.5, 0.6) is 0 Å². The Morgan fingerprint density at radius 3 is 2.56 bits per heavy atom. The van der Waals surface area contributed by atoms with E-state index in [2.05, 4.69) is 29.6 Å². The van der Waals surface area contributed by atoms with Crippen LogP contribution in [0.1, 0.15) is 20.3 Å². The first kappa shape index (κ1) is 13.4. The number of anilines is 2. The molecule has 4 nitrogen and oxygen atoms in total. The van der Waals surface area contributed by atoms with Crippen LogP contribution in [-0.2, 0) is 0 Å². The number of nitrogen functional groups attached to an aromatic ring is 1. The smallest absolute Gasteiger partial charge is 0.161 e. The lowest BCUT2D eigenvalue weighted by Crippen LogP contribution is -2.14. The van der Waals surface area contributed by atoms with Crippen molar-refractivity contribution in [3.05, 3.63) is 16.1 Å². The highest BCUT2D eigenvalue weighted by atomic mass is 35.5. The molecule has 1 atom stereocenters. The first-order valence-corrected chi connectivity index (χ1v) is 5.90. The van der Waals surface area contributed by atoms with E-state index in [0.29, 0.717) is 27.6 Å². The van der Waals surface area contributed by atoms with Gasteiger partial charge in [-0.25, -0.2) is 10.8 Å². The average Bonchev–Trinajstić information content (AvgIpc) is 2.27. The minimum absolute atomic E-state index is 0.404. The molecule has 16 heavy (non-hydrogen) atoms. The van der Waals surface area contributed by atoms with Gasteiger partial charge in [-0.2, -0.15) is 0 Å². The topological polar surface area (TPSA) is 63.0 Å². The van der Waals surface area contributed by atoms with Crippen molar-refractivity contribution in [2.75, 3.05) is 17.3 Å². The van der Waals surface area contributed by atoms with E-state index < -0.39 is 0 Å². The summed E-state index contributed by atoms with van der Waals surface area (Å²) in [6, 6.07) is 1.62. The molecular formula is C10H16Cl2N4. The zero-order chi connectivity index (χ0) is 12.1. The van der Waals surface area contributed by atoms with Crippen LogP contribution in [-0.4, -0.2) is 11.5 Å². The van der Waals surface area contributed by atoms with Crippen LogP contribution >= 0.6 is 23.2 Å². The van der Waals surface area contributed by atoms with Crippen molar-refractivity contribution < 1.29 is 0 Å². The molecule has 1 aromatic heterocycles. The number of nitrogens with one attached hydrogen (secondary N) is 2. The standard InChI is InChI=1S/C10H16Cl2N4/c1-3-6(2)5-14-9-7(11)4-8(12)10(15-9)16-13/h4,6H,3,5,13H2,1-2H3,(H2,14,15,16). The van der Waals surface area contributed by atoms with E-state index in [1.807, 2.05) is 0 Å². The van der Waals surface area contributed by atoms with Crippen LogP contribution in [0, 0.1) is 5.92 Å². The summed E-state index contributed by atoms with van der Waals surface area (Å²) in [7, 11) is 0. The number of halogens is 2. The molecule has 1 heterocycles. The Kier molecular flexibility index (Phi) is 5.12. The molecule has 0 saturated carbocycles. The van der Waals surface area contributed by atoms with Crippen molar-refractivity contribution in [1.29, 1.82) is 0 Å². The first-order valence-electron chi connectivity index (χ1n) is 5.15. The minimum atomic E-state index is 0.404. The fourth-order valence-electron chi connectivity index (χ4n) is 1.11. The maximum absolute atomic E-state index is 6.01. The Labute approximate surface area is 105 Å². The Bertz CT molecular complexity index is 357. The molecule has 0 fully saturated rings. The second kappa shape index (κ2) is 6.13. The van der Waals surface area contributed by atoms with Crippen LogP contribution in [0.15, 0.2) is 6.07 Å². The normalized spacial score (nSPS) is 12.3. The first-order chi connectivity index (χ1) is 7.58. The van der Waals surface area contributed by atoms with Crippen molar-refractivity contribution in [2.45, 2.75) is 20.3 Å². The van der Waals surface area contributed by atoms with Gasteiger partial charge in [0.15, 0.2) is 5.82 Å². The highest BCUT2D eigenvalue weighted by molar-refractivity contribution is 6.37. The lowest BCUT2D eigenvalue weighted by molar-refractivity contribution is 0.592. The summed E-state index contributed by atoms with van der Waals surface area (Å²) < 4.78 is 0. The van der Waals surface area contributed by atoms with E-state index >= 15 is 0 Å². The fourth-order valence-corrected chi connectivity index (χ4v) is 1.59. The van der Waals surface area contributed by atoms with Gasteiger partial charge < -0.3 is 10.7 Å². The van der Waals surface area contributed by atoms with Gasteiger partial charge in [-0.1, -0.05) is 43.5 Å². The molecule has 1 unspecified atom stereocenters. The van der Waals surface area contributed by atoms with Gasteiger partial charge in [-0.05, 0) is 12.0 Å². The fraction of sp³-hybridized carbons (Fsp3) is 0.500. The van der Waals surface area contributed by atoms with Crippen LogP contribution in [0.2, 0.25) is 10.0 Å². The molecule has 0 amide bonds. The molecule has 1 aromatic rings. The van der Waals surface area contributed by atoms with E-state index in [0.717, 1.165) is 13.0 Å². The average molecular weight is 263 g/mol. The predicted octanol–water partition coefficient (Wildman–Crippen LogP) is 3.13. The summed E-state index contributed by atoms with van der Waals surface area (Å²) in [5.74, 6) is 6.85. The second-order valence-corrected chi connectivity index (χ2v) is 4.50. The van der Waals surface area contributed by atoms with Crippen molar-refractivity contribution in [1.82, 2.24) is 4.98 Å². The minimum Gasteiger partial charge on any atom is -0.368 e. The number of rotatable bonds is 5. The number of hydrogen-bond acceptors (Lipinski definition) is 4. The zero-order valence-electron chi connectivity index (χ0n) is 9.35. The quantitative estimate of drug-likeness (QED) is 0.564. The van der Waals surface area contributed by atoms with E-state index in [9.17, 15) is 0 Å². The van der Waals surface area contributed by atoms with Crippen LogP contribution < -0.4 is 16.6 Å². The van der Waals surface area contributed by atoms with Gasteiger partial charge in [-0.15, -0.1) is 0 Å². The molecular weight excluding hydrogens is 247 g/mol. The van der Waals surface area contributed by atoms with E-state index in [4.69, 9.17) is 29.0 Å². The van der Waals surface area contributed by atoms with Gasteiger partial charge in [0.25, 0.3) is 0 Å². The molecule has 0 aromatic carbocycles. The third kappa shape index (κ3) is 3.40. The van der Waals surface area contributed by atoms with Gasteiger partial charge in [0, 0.05) is 6.54 Å². The van der Waals surface area contributed by atoms with Crippen molar-refractivity contribution in [2.24, 2.45) is 11.8 Å². The van der Waals surface area contributed by atoms with Gasteiger partial charge in [0.05, 0.1) is 10.0 Å². The lowest BCUT2D eigenvalue weighted by atomic mass is 10.1. The Hall–Kier alpha value is -0.710. The largest absolute Gasteiger partial charge is 0.368 e. The molecule has 1 rings (SSSR count). The van der Waals surface area contributed by atoms with Crippen LogP contribution in [0.4, 0.5) is 11.6 Å². The Balaban J connectivity index is 2.79. The van der Waals surface area contributed by atoms with Gasteiger partial charge in [0.2, 0.25) is 0 Å². The van der Waals surface area contributed by atoms with Crippen molar-refractivity contribution in [3.8, 4) is 0 Å². The second-order valence-electron chi connectivity index (χ2n) is 3.69. The SMILES string of the molecule is CCC(C)CNc1nc(NN)c(Cl)cc1Cl. The van der Waals surface area contributed by atoms with Gasteiger partial charge in [0.1, 0.15) is 5.82 Å². The summed E-state index contributed by atoms with van der Waals surface area (Å²) in [4.78, 5) is 4.19. The van der Waals surface area contributed by atoms with Crippen LogP contribution in [0.25, 0.3) is 0 Å². The molecule has 90 valence electrons. The predicted molar refractivity (Wildman–Crippen MR) is 70.0 cm³/mol. The Morgan fingerprint density at radius 1 is 1.38 bits per heavy atom. The number of aromatic nitrogens is 1. The third-order valence-corrected chi connectivity index (χ3v) is 2.96. The highest BCUT2D eigenvalue weighted by Gasteiger charge is 2.09. The highest BCUT2D eigenvalue weighted by Crippen LogP contribution is 2.28.